The topological polar surface area (TPSA) is 66.8 Å². The molecule has 1 N–H and O–H groups in total. The van der Waals surface area contributed by atoms with Gasteiger partial charge in [0.1, 0.15) is 5.41 Å². The smallest absolute Gasteiger partial charge is 0.317 e. The van der Waals surface area contributed by atoms with Gasteiger partial charge in [-0.3, -0.25) is 9.59 Å². The maximum absolute atomic E-state index is 13.6. The van der Waals surface area contributed by atoms with E-state index in [1.165, 1.54) is 0 Å². The Hall–Kier alpha value is -2.45. The van der Waals surface area contributed by atoms with Crippen molar-refractivity contribution >= 4 is 48.4 Å². The first-order valence-electron chi connectivity index (χ1n) is 13.1. The van der Waals surface area contributed by atoms with Crippen LogP contribution >= 0.6 is 27.5 Å². The van der Waals surface area contributed by atoms with E-state index in [0.717, 1.165) is 21.2 Å². The number of carboxylic acid groups (broad SMARTS) is 1. The Bertz CT molecular complexity index is 1310. The molecule has 3 aromatic carbocycles. The molecule has 0 spiro atoms. The fraction of sp³-hybridized carbons (Fsp3) is 0.355. The fourth-order valence-electron chi connectivity index (χ4n) is 5.61. The number of carboxylic acids is 1. The van der Waals surface area contributed by atoms with Gasteiger partial charge in [-0.2, -0.15) is 0 Å². The van der Waals surface area contributed by atoms with Crippen LogP contribution in [0.4, 0.5) is 0 Å². The van der Waals surface area contributed by atoms with Gasteiger partial charge >= 0.3 is 5.97 Å². The number of hydrogen-bond donors (Lipinski definition) is 1. The highest BCUT2D eigenvalue weighted by Crippen LogP contribution is 2.52. The average molecular weight is 628 g/mol. The number of rotatable bonds is 10. The lowest BCUT2D eigenvalue weighted by Crippen LogP contribution is -2.42. The number of aliphatic carboxylic acids is 1. The molecular formula is C31H34BrClNO4Si. The minimum Gasteiger partial charge on any atom is -0.480 e. The molecule has 1 amide bonds. The lowest BCUT2D eigenvalue weighted by molar-refractivity contribution is -0.145. The Balaban J connectivity index is 1.78. The van der Waals surface area contributed by atoms with Crippen molar-refractivity contribution in [2.75, 3.05) is 0 Å². The van der Waals surface area contributed by atoms with Crippen LogP contribution in [0.1, 0.15) is 62.4 Å². The molecule has 1 radical (unpaired) electrons. The number of nitrogens with zero attached hydrogens (tertiary/aromatic N) is 1. The highest BCUT2D eigenvalue weighted by molar-refractivity contribution is 9.10. The van der Waals surface area contributed by atoms with Gasteiger partial charge in [0.15, 0.2) is 0 Å². The lowest BCUT2D eigenvalue weighted by Gasteiger charge is -2.36. The highest BCUT2D eigenvalue weighted by atomic mass is 79.9. The molecule has 0 bridgehead atoms. The van der Waals surface area contributed by atoms with E-state index in [-0.39, 0.29) is 12.3 Å². The van der Waals surface area contributed by atoms with Crippen molar-refractivity contribution in [3.05, 3.63) is 105 Å². The Morgan fingerprint density at radius 3 is 2.26 bits per heavy atom. The molecule has 1 aliphatic heterocycles. The molecule has 39 heavy (non-hydrogen) atoms. The Morgan fingerprint density at radius 1 is 1.05 bits per heavy atom. The molecule has 3 aromatic rings. The minimum absolute atomic E-state index is 0.146. The van der Waals surface area contributed by atoms with E-state index in [1.54, 1.807) is 29.2 Å². The van der Waals surface area contributed by atoms with Crippen LogP contribution in [-0.4, -0.2) is 30.9 Å². The number of amides is 1. The zero-order valence-electron chi connectivity index (χ0n) is 22.7. The van der Waals surface area contributed by atoms with Gasteiger partial charge in [0.25, 0.3) is 0 Å². The fourth-order valence-corrected chi connectivity index (χ4v) is 8.71. The molecule has 8 heteroatoms. The number of hydrogen-bond acceptors (Lipinski definition) is 3. The predicted molar refractivity (Wildman–Crippen MR) is 160 cm³/mol. The number of carbonyl (C=O) groups excluding carboxylic acids is 1. The standard InChI is InChI=1S/C31H34BrClNO4Si/c1-20(2)39(21(3)4)38-19-23-10-15-26(27(32)16-23)29-31(30(36)37,24-11-13-25(33)14-12-24)17-28(35)34(29)18-22-8-6-5-7-9-22/h5-16,20-21,29H,17-19H2,1-4H3,(H,36,37)/t29-,31-/m1/s1. The van der Waals surface area contributed by atoms with E-state index in [4.69, 9.17) is 16.0 Å². The summed E-state index contributed by atoms with van der Waals surface area (Å²) < 4.78 is 7.11. The SMILES string of the molecule is CC(C)[Si](OCc1ccc([C@H]2N(Cc3ccccc3)C(=O)C[C@@]2(C(=O)O)c2ccc(Cl)cc2)c(Br)c1)C(C)C. The first-order chi connectivity index (χ1) is 18.5. The molecule has 1 aliphatic rings. The van der Waals surface area contributed by atoms with Crippen LogP contribution in [0.25, 0.3) is 0 Å². The van der Waals surface area contributed by atoms with Crippen molar-refractivity contribution in [3.63, 3.8) is 0 Å². The van der Waals surface area contributed by atoms with Crippen LogP contribution in [0.2, 0.25) is 16.1 Å². The largest absolute Gasteiger partial charge is 0.480 e. The van der Waals surface area contributed by atoms with Crippen LogP contribution in [-0.2, 0) is 32.6 Å². The molecule has 1 fully saturated rings. The number of likely N-dealkylation sites (tertiary alicyclic amines) is 1. The third-order valence-electron chi connectivity index (χ3n) is 7.37. The van der Waals surface area contributed by atoms with Crippen molar-refractivity contribution in [1.29, 1.82) is 0 Å². The van der Waals surface area contributed by atoms with Crippen molar-refractivity contribution < 1.29 is 19.1 Å². The van der Waals surface area contributed by atoms with Gasteiger partial charge < -0.3 is 14.4 Å². The van der Waals surface area contributed by atoms with E-state index in [2.05, 4.69) is 43.6 Å². The summed E-state index contributed by atoms with van der Waals surface area (Å²) in [5.41, 5.74) is 2.73. The summed E-state index contributed by atoms with van der Waals surface area (Å²) in [6.45, 7) is 9.60. The molecule has 1 heterocycles. The summed E-state index contributed by atoms with van der Waals surface area (Å²) >= 11 is 9.89. The summed E-state index contributed by atoms with van der Waals surface area (Å²) in [4.78, 5) is 28.5. The van der Waals surface area contributed by atoms with E-state index < -0.39 is 26.5 Å². The second-order valence-corrected chi connectivity index (χ2v) is 15.4. The van der Waals surface area contributed by atoms with E-state index in [0.29, 0.717) is 34.8 Å². The van der Waals surface area contributed by atoms with Crippen LogP contribution in [0.15, 0.2) is 77.3 Å². The van der Waals surface area contributed by atoms with Crippen molar-refractivity contribution in [3.8, 4) is 0 Å². The van der Waals surface area contributed by atoms with Crippen molar-refractivity contribution in [2.45, 2.75) is 69.8 Å². The number of benzene rings is 3. The third kappa shape index (κ3) is 6.17. The number of carbonyl (C=O) groups is 2. The summed E-state index contributed by atoms with van der Waals surface area (Å²) in [6, 6.07) is 21.6. The van der Waals surface area contributed by atoms with Gasteiger partial charge in [0.2, 0.25) is 14.9 Å². The molecule has 5 nitrogen and oxygen atoms in total. The summed E-state index contributed by atoms with van der Waals surface area (Å²) in [5.74, 6) is -1.25. The monoisotopic (exact) mass is 626 g/mol. The van der Waals surface area contributed by atoms with E-state index >= 15 is 0 Å². The summed E-state index contributed by atoms with van der Waals surface area (Å²) in [5, 5.41) is 11.3. The molecule has 205 valence electrons. The van der Waals surface area contributed by atoms with Gasteiger partial charge in [-0.15, -0.1) is 0 Å². The van der Waals surface area contributed by atoms with Crippen LogP contribution in [0.3, 0.4) is 0 Å². The second-order valence-electron chi connectivity index (χ2n) is 10.7. The third-order valence-corrected chi connectivity index (χ3v) is 11.1. The van der Waals surface area contributed by atoms with Crippen molar-refractivity contribution in [1.82, 2.24) is 4.90 Å². The Labute approximate surface area is 246 Å². The summed E-state index contributed by atoms with van der Waals surface area (Å²) in [6.07, 6.45) is -0.146. The molecule has 0 aliphatic carbocycles. The highest BCUT2D eigenvalue weighted by Gasteiger charge is 2.59. The molecule has 2 atom stereocenters. The molecule has 0 unspecified atom stereocenters. The average Bonchev–Trinajstić information content (AvgIpc) is 3.17. The molecule has 1 saturated heterocycles. The Kier molecular flexibility index (Phi) is 9.37. The summed E-state index contributed by atoms with van der Waals surface area (Å²) in [7, 11) is -0.990. The van der Waals surface area contributed by atoms with Crippen LogP contribution < -0.4 is 0 Å². The molecular weight excluding hydrogens is 594 g/mol. The molecule has 4 rings (SSSR count). The second kappa shape index (κ2) is 12.4. The first-order valence-corrected chi connectivity index (χ1v) is 15.9. The van der Waals surface area contributed by atoms with E-state index in [9.17, 15) is 14.7 Å². The van der Waals surface area contributed by atoms with Crippen LogP contribution in [0, 0.1) is 0 Å². The normalized spacial score (nSPS) is 19.5. The predicted octanol–water partition coefficient (Wildman–Crippen LogP) is 7.93. The number of halogens is 2. The minimum atomic E-state index is -1.48. The lowest BCUT2D eigenvalue weighted by atomic mass is 9.71. The van der Waals surface area contributed by atoms with E-state index in [1.807, 2.05) is 48.5 Å². The zero-order valence-corrected chi connectivity index (χ0v) is 26.0. The maximum Gasteiger partial charge on any atom is 0.317 e. The zero-order chi connectivity index (χ0) is 28.3. The van der Waals surface area contributed by atoms with Gasteiger partial charge in [-0.25, -0.2) is 0 Å². The van der Waals surface area contributed by atoms with Crippen molar-refractivity contribution in [2.24, 2.45) is 0 Å². The maximum atomic E-state index is 13.6. The van der Waals surface area contributed by atoms with Gasteiger partial charge in [0, 0.05) is 22.5 Å². The van der Waals surface area contributed by atoms with Gasteiger partial charge in [0.05, 0.1) is 12.6 Å². The van der Waals surface area contributed by atoms with Gasteiger partial charge in [-0.05, 0) is 51.5 Å². The quantitative estimate of drug-likeness (QED) is 0.232. The molecule has 0 aromatic heterocycles. The Morgan fingerprint density at radius 2 is 1.69 bits per heavy atom. The first kappa shape index (κ1) is 29.5. The van der Waals surface area contributed by atoms with Gasteiger partial charge in [-0.1, -0.05) is 110 Å². The molecule has 0 saturated carbocycles. The van der Waals surface area contributed by atoms with Crippen LogP contribution in [0.5, 0.6) is 0 Å².